The van der Waals surface area contributed by atoms with Crippen LogP contribution < -0.4 is 0 Å². The van der Waals surface area contributed by atoms with Crippen LogP contribution in [0.25, 0.3) is 11.2 Å². The van der Waals surface area contributed by atoms with E-state index >= 15 is 0 Å². The summed E-state index contributed by atoms with van der Waals surface area (Å²) in [4.78, 5) is 31.2. The number of aromatic nitrogens is 4. The van der Waals surface area contributed by atoms with Crippen molar-refractivity contribution in [3.8, 4) is 0 Å². The largest absolute Gasteiger partial charge is 0.480 e. The second-order valence-corrected chi connectivity index (χ2v) is 7.87. The summed E-state index contributed by atoms with van der Waals surface area (Å²) in [5.41, 5.74) is -1.94. The maximum atomic E-state index is 12.7. The first-order valence-corrected chi connectivity index (χ1v) is 8.76. The predicted octanol–water partition coefficient (Wildman–Crippen LogP) is 0.562. The number of nitrogens with zero attached hydrogens (tertiary/aromatic N) is 5. The third-order valence-corrected chi connectivity index (χ3v) is 6.99. The van der Waals surface area contributed by atoms with Crippen LogP contribution in [-0.2, 0) is 15.1 Å². The van der Waals surface area contributed by atoms with Crippen molar-refractivity contribution in [1.29, 1.82) is 0 Å². The number of carboxylic acid groups (broad SMARTS) is 2. The molecule has 2 aromatic heterocycles. The van der Waals surface area contributed by atoms with Crippen LogP contribution in [0.1, 0.15) is 26.7 Å². The summed E-state index contributed by atoms with van der Waals surface area (Å²) in [6, 6.07) is 3.12. The number of rotatable bonds is 3. The Labute approximate surface area is 148 Å². The maximum absolute atomic E-state index is 12.7. The number of fused-ring (bicyclic) bond motifs is 4. The molecule has 0 aromatic carbocycles. The molecule has 4 heterocycles. The zero-order valence-corrected chi connectivity index (χ0v) is 14.4. The highest BCUT2D eigenvalue weighted by molar-refractivity contribution is 5.88. The van der Waals surface area contributed by atoms with Crippen LogP contribution in [0.15, 0.2) is 18.3 Å². The van der Waals surface area contributed by atoms with E-state index in [4.69, 9.17) is 0 Å². The molecule has 0 amide bonds. The van der Waals surface area contributed by atoms with Gasteiger partial charge in [0, 0.05) is 24.2 Å². The molecule has 136 valence electrons. The monoisotopic (exact) mass is 357 g/mol. The Morgan fingerprint density at radius 1 is 1.27 bits per heavy atom. The molecular formula is C17H19N5O4. The van der Waals surface area contributed by atoms with E-state index in [1.165, 1.54) is 4.68 Å². The van der Waals surface area contributed by atoms with Gasteiger partial charge in [0.05, 0.1) is 0 Å². The van der Waals surface area contributed by atoms with Gasteiger partial charge in [0.15, 0.2) is 11.2 Å². The normalized spacial score (nSPS) is 41.2. The molecule has 26 heavy (non-hydrogen) atoms. The van der Waals surface area contributed by atoms with Gasteiger partial charge >= 0.3 is 11.9 Å². The first-order valence-electron chi connectivity index (χ1n) is 8.76. The van der Waals surface area contributed by atoms with Crippen LogP contribution in [-0.4, -0.2) is 64.7 Å². The van der Waals surface area contributed by atoms with E-state index in [-0.39, 0.29) is 6.04 Å². The molecule has 5 rings (SSSR count). The SMILES string of the molecule is CC1C(C)(C(=O)O)N2C(C[C@H]3C[C@H]32)C1(C(=O)O)n1nnc2cccnc21. The van der Waals surface area contributed by atoms with Crippen molar-refractivity contribution in [2.24, 2.45) is 11.8 Å². The van der Waals surface area contributed by atoms with Gasteiger partial charge in [-0.25, -0.2) is 14.5 Å². The molecule has 2 aromatic rings. The minimum Gasteiger partial charge on any atom is -0.480 e. The van der Waals surface area contributed by atoms with Gasteiger partial charge in [0.25, 0.3) is 0 Å². The number of hydrogen-bond donors (Lipinski definition) is 2. The fraction of sp³-hybridized carbons (Fsp3) is 0.588. The second kappa shape index (κ2) is 4.59. The van der Waals surface area contributed by atoms with E-state index in [0.717, 1.165) is 6.42 Å². The number of carboxylic acids is 2. The van der Waals surface area contributed by atoms with Crippen molar-refractivity contribution in [2.75, 3.05) is 0 Å². The minimum atomic E-state index is -1.52. The van der Waals surface area contributed by atoms with Gasteiger partial charge in [-0.1, -0.05) is 12.1 Å². The summed E-state index contributed by atoms with van der Waals surface area (Å²) in [7, 11) is 0. The van der Waals surface area contributed by atoms with Crippen molar-refractivity contribution in [2.45, 2.75) is 49.9 Å². The molecule has 2 N–H and O–H groups in total. The molecule has 1 aliphatic carbocycles. The summed E-state index contributed by atoms with van der Waals surface area (Å²) in [6.45, 7) is 3.35. The van der Waals surface area contributed by atoms with Crippen LogP contribution >= 0.6 is 0 Å². The highest BCUT2D eigenvalue weighted by Gasteiger charge is 2.77. The van der Waals surface area contributed by atoms with Crippen molar-refractivity contribution >= 4 is 23.1 Å². The second-order valence-electron chi connectivity index (χ2n) is 7.87. The van der Waals surface area contributed by atoms with Gasteiger partial charge in [-0.15, -0.1) is 5.10 Å². The first-order chi connectivity index (χ1) is 12.3. The van der Waals surface area contributed by atoms with Crippen molar-refractivity contribution in [3.63, 3.8) is 0 Å². The van der Waals surface area contributed by atoms with Crippen molar-refractivity contribution in [1.82, 2.24) is 24.9 Å². The molecule has 9 heteroatoms. The lowest BCUT2D eigenvalue weighted by Crippen LogP contribution is -2.55. The van der Waals surface area contributed by atoms with Gasteiger partial charge in [0.2, 0.25) is 0 Å². The molecule has 9 nitrogen and oxygen atoms in total. The van der Waals surface area contributed by atoms with Crippen LogP contribution in [0.2, 0.25) is 0 Å². The number of piperidine rings is 1. The van der Waals surface area contributed by atoms with Gasteiger partial charge in [0.1, 0.15) is 11.1 Å². The molecule has 4 unspecified atom stereocenters. The average Bonchev–Trinajstić information content (AvgIpc) is 2.99. The van der Waals surface area contributed by atoms with Crippen LogP contribution in [0.3, 0.4) is 0 Å². The molecule has 6 atom stereocenters. The third kappa shape index (κ3) is 1.50. The lowest BCUT2D eigenvalue weighted by molar-refractivity contribution is -0.154. The standard InChI is InChI=1S/C17H19N5O4/c1-8-16(2,14(23)24)21-11-6-9(11)7-12(21)17(8,15(25)26)22-13-10(19-20-22)4-3-5-18-13/h3-5,8-9,11-12H,6-7H2,1-2H3,(H,23,24)(H,25,26)/t8?,9-,11-,12?,16?,17?/m1/s1. The number of pyridine rings is 1. The lowest BCUT2D eigenvalue weighted by Gasteiger charge is -2.35. The fourth-order valence-electron chi connectivity index (χ4n) is 5.51. The van der Waals surface area contributed by atoms with Gasteiger partial charge in [-0.05, 0) is 37.8 Å². The zero-order chi connectivity index (χ0) is 18.4. The van der Waals surface area contributed by atoms with Crippen molar-refractivity contribution in [3.05, 3.63) is 18.3 Å². The highest BCUT2D eigenvalue weighted by Crippen LogP contribution is 2.63. The number of aliphatic carboxylic acids is 2. The first kappa shape index (κ1) is 15.7. The van der Waals surface area contributed by atoms with E-state index in [1.807, 2.05) is 4.90 Å². The van der Waals surface area contributed by atoms with Crippen LogP contribution in [0.4, 0.5) is 0 Å². The summed E-state index contributed by atoms with van der Waals surface area (Å²) in [6.07, 6.45) is 3.15. The predicted molar refractivity (Wildman–Crippen MR) is 88.3 cm³/mol. The van der Waals surface area contributed by atoms with Crippen molar-refractivity contribution < 1.29 is 19.8 Å². The smallest absolute Gasteiger partial charge is 0.333 e. The third-order valence-electron chi connectivity index (χ3n) is 6.99. The molecule has 0 bridgehead atoms. The Kier molecular flexibility index (Phi) is 2.77. The zero-order valence-electron chi connectivity index (χ0n) is 14.4. The van der Waals surface area contributed by atoms with Crippen LogP contribution in [0.5, 0.6) is 0 Å². The van der Waals surface area contributed by atoms with E-state index < -0.39 is 35.0 Å². The van der Waals surface area contributed by atoms with E-state index in [0.29, 0.717) is 23.5 Å². The Hall–Kier alpha value is -2.55. The Bertz CT molecular complexity index is 960. The minimum absolute atomic E-state index is 0.132. The fourth-order valence-corrected chi connectivity index (χ4v) is 5.51. The maximum Gasteiger partial charge on any atom is 0.333 e. The lowest BCUT2D eigenvalue weighted by atomic mass is 9.74. The molecule has 2 aliphatic heterocycles. The molecule has 3 aliphatic rings. The van der Waals surface area contributed by atoms with Gasteiger partial charge < -0.3 is 10.2 Å². The van der Waals surface area contributed by atoms with E-state index in [1.54, 1.807) is 32.2 Å². The van der Waals surface area contributed by atoms with Gasteiger partial charge in [-0.3, -0.25) is 9.69 Å². The number of hydrogen-bond acceptors (Lipinski definition) is 6. The molecule has 1 saturated carbocycles. The van der Waals surface area contributed by atoms with Crippen LogP contribution in [0, 0.1) is 11.8 Å². The van der Waals surface area contributed by atoms with E-state index in [2.05, 4.69) is 15.3 Å². The Balaban J connectivity index is 1.81. The highest BCUT2D eigenvalue weighted by atomic mass is 16.4. The van der Waals surface area contributed by atoms with Gasteiger partial charge in [-0.2, -0.15) is 0 Å². The Morgan fingerprint density at radius 2 is 2.04 bits per heavy atom. The Morgan fingerprint density at radius 3 is 2.73 bits per heavy atom. The summed E-state index contributed by atoms with van der Waals surface area (Å²) < 4.78 is 1.37. The summed E-state index contributed by atoms with van der Waals surface area (Å²) in [5, 5.41) is 28.7. The molecule has 2 saturated heterocycles. The average molecular weight is 357 g/mol. The molecule has 3 fully saturated rings. The molecule has 0 radical (unpaired) electrons. The topological polar surface area (TPSA) is 121 Å². The number of carbonyl (C=O) groups is 2. The summed E-state index contributed by atoms with van der Waals surface area (Å²) >= 11 is 0. The summed E-state index contributed by atoms with van der Waals surface area (Å²) in [5.74, 6) is -2.44. The van der Waals surface area contributed by atoms with E-state index in [9.17, 15) is 19.8 Å². The molecular weight excluding hydrogens is 338 g/mol. The quantitative estimate of drug-likeness (QED) is 0.817. The molecule has 0 spiro atoms.